The molecule has 0 radical (unpaired) electrons. The van der Waals surface area contributed by atoms with Crippen molar-refractivity contribution < 1.29 is 4.84 Å². The van der Waals surface area contributed by atoms with Gasteiger partial charge in [-0.25, -0.2) is 9.97 Å². The Bertz CT molecular complexity index is 976. The number of nitrogens with two attached hydrogens (primary N) is 1. The van der Waals surface area contributed by atoms with E-state index in [2.05, 4.69) is 9.97 Å². The second-order valence-electron chi connectivity index (χ2n) is 4.99. The molecule has 0 unspecified atom stereocenters. The molecule has 5 heteroatoms. The smallest absolute Gasteiger partial charge is 0.176 e. The number of fused-ring (bicyclic) bond motifs is 3. The number of aromatic nitrogens is 3. The first kappa shape index (κ1) is 12.6. The molecule has 0 saturated heterocycles. The molecule has 5 nitrogen and oxygen atoms in total. The predicted molar refractivity (Wildman–Crippen MR) is 87.4 cm³/mol. The lowest BCUT2D eigenvalue weighted by atomic mass is 10.2. The average molecular weight is 290 g/mol. The second kappa shape index (κ2) is 4.73. The summed E-state index contributed by atoms with van der Waals surface area (Å²) >= 11 is 0. The molecular formula is C17H14N4O. The summed E-state index contributed by atoms with van der Waals surface area (Å²) in [6, 6.07) is 17.7. The lowest BCUT2D eigenvalue weighted by Crippen LogP contribution is -2.08. The summed E-state index contributed by atoms with van der Waals surface area (Å²) in [7, 11) is 1.62. The van der Waals surface area contributed by atoms with Crippen LogP contribution in [0.2, 0.25) is 0 Å². The van der Waals surface area contributed by atoms with E-state index in [1.807, 2.05) is 54.6 Å². The van der Waals surface area contributed by atoms with E-state index in [9.17, 15) is 0 Å². The van der Waals surface area contributed by atoms with Crippen molar-refractivity contribution in [3.63, 3.8) is 0 Å². The van der Waals surface area contributed by atoms with Gasteiger partial charge in [-0.3, -0.25) is 0 Å². The number of nitrogen functional groups attached to an aromatic ring is 1. The minimum absolute atomic E-state index is 0.404. The molecule has 0 atom stereocenters. The van der Waals surface area contributed by atoms with E-state index in [1.165, 1.54) is 0 Å². The number of hydrogen-bond donors (Lipinski definition) is 1. The third kappa shape index (κ3) is 1.72. The first-order valence-electron chi connectivity index (χ1n) is 6.96. The van der Waals surface area contributed by atoms with Gasteiger partial charge in [0.25, 0.3) is 0 Å². The van der Waals surface area contributed by atoms with Crippen LogP contribution in [0.1, 0.15) is 0 Å². The van der Waals surface area contributed by atoms with E-state index in [1.54, 1.807) is 11.8 Å². The summed E-state index contributed by atoms with van der Waals surface area (Å²) in [5, 5.41) is 0.961. The Morgan fingerprint density at radius 3 is 2.45 bits per heavy atom. The van der Waals surface area contributed by atoms with Gasteiger partial charge in [0.1, 0.15) is 18.1 Å². The van der Waals surface area contributed by atoms with Crippen LogP contribution in [0.5, 0.6) is 0 Å². The molecule has 108 valence electrons. The maximum absolute atomic E-state index is 6.09. The fourth-order valence-corrected chi connectivity index (χ4v) is 2.72. The Hall–Kier alpha value is -3.08. The largest absolute Gasteiger partial charge is 0.415 e. The molecule has 2 heterocycles. The van der Waals surface area contributed by atoms with Crippen LogP contribution < -0.4 is 10.6 Å². The zero-order chi connectivity index (χ0) is 15.1. The van der Waals surface area contributed by atoms with E-state index >= 15 is 0 Å². The monoisotopic (exact) mass is 290 g/mol. The highest BCUT2D eigenvalue weighted by Gasteiger charge is 2.18. The van der Waals surface area contributed by atoms with Crippen molar-refractivity contribution in [2.45, 2.75) is 0 Å². The zero-order valence-electron chi connectivity index (χ0n) is 12.0. The van der Waals surface area contributed by atoms with Gasteiger partial charge in [0.15, 0.2) is 11.6 Å². The Morgan fingerprint density at radius 2 is 1.68 bits per heavy atom. The summed E-state index contributed by atoms with van der Waals surface area (Å²) < 4.78 is 1.71. The third-order valence-corrected chi connectivity index (χ3v) is 3.69. The van der Waals surface area contributed by atoms with Gasteiger partial charge in [0, 0.05) is 10.9 Å². The SMILES string of the molecule is COn1c(-c2ccccc2)nc2c(N)nc3ccccc3c21. The molecule has 22 heavy (non-hydrogen) atoms. The fourth-order valence-electron chi connectivity index (χ4n) is 2.72. The molecule has 0 spiro atoms. The standard InChI is InChI=1S/C17H14N4O/c1-22-21-15-12-9-5-6-10-13(12)19-16(18)14(15)20-17(21)11-7-3-2-4-8-11/h2-10H,1H3,(H2,18,19). The number of benzene rings is 2. The van der Waals surface area contributed by atoms with E-state index < -0.39 is 0 Å². The molecule has 0 aliphatic rings. The molecule has 0 aliphatic heterocycles. The fraction of sp³-hybridized carbons (Fsp3) is 0.0588. The van der Waals surface area contributed by atoms with Gasteiger partial charge in [0.2, 0.25) is 0 Å². The highest BCUT2D eigenvalue weighted by molar-refractivity contribution is 6.07. The topological polar surface area (TPSA) is 66.0 Å². The van der Waals surface area contributed by atoms with Crippen molar-refractivity contribution in [3.05, 3.63) is 54.6 Å². The molecule has 4 aromatic rings. The van der Waals surface area contributed by atoms with Crippen LogP contribution in [0.15, 0.2) is 54.6 Å². The number of rotatable bonds is 2. The van der Waals surface area contributed by atoms with Gasteiger partial charge < -0.3 is 10.6 Å². The number of anilines is 1. The first-order valence-corrected chi connectivity index (χ1v) is 6.96. The van der Waals surface area contributed by atoms with Gasteiger partial charge in [-0.15, -0.1) is 0 Å². The van der Waals surface area contributed by atoms with Gasteiger partial charge in [0.05, 0.1) is 5.52 Å². The Kier molecular flexibility index (Phi) is 2.72. The Balaban J connectivity index is 2.17. The van der Waals surface area contributed by atoms with Crippen LogP contribution >= 0.6 is 0 Å². The summed E-state index contributed by atoms with van der Waals surface area (Å²) in [4.78, 5) is 14.7. The number of para-hydroxylation sites is 1. The summed E-state index contributed by atoms with van der Waals surface area (Å²) in [5.74, 6) is 1.12. The number of nitrogens with zero attached hydrogens (tertiary/aromatic N) is 3. The molecule has 2 N–H and O–H groups in total. The highest BCUT2D eigenvalue weighted by atomic mass is 16.6. The van der Waals surface area contributed by atoms with E-state index in [-0.39, 0.29) is 0 Å². The molecule has 4 rings (SSSR count). The summed E-state index contributed by atoms with van der Waals surface area (Å²) in [6.07, 6.45) is 0. The predicted octanol–water partition coefficient (Wildman–Crippen LogP) is 2.89. The molecule has 0 fully saturated rings. The summed E-state index contributed by atoms with van der Waals surface area (Å²) in [5.41, 5.74) is 9.37. The quantitative estimate of drug-likeness (QED) is 0.616. The van der Waals surface area contributed by atoms with Gasteiger partial charge in [-0.1, -0.05) is 48.5 Å². The van der Waals surface area contributed by atoms with Crippen LogP contribution in [-0.2, 0) is 0 Å². The van der Waals surface area contributed by atoms with Gasteiger partial charge in [-0.05, 0) is 6.07 Å². The molecule has 0 bridgehead atoms. The third-order valence-electron chi connectivity index (χ3n) is 3.69. The van der Waals surface area contributed by atoms with Crippen molar-refractivity contribution in [2.75, 3.05) is 12.8 Å². The van der Waals surface area contributed by atoms with Crippen LogP contribution in [0.4, 0.5) is 5.82 Å². The average Bonchev–Trinajstić information content (AvgIpc) is 2.96. The van der Waals surface area contributed by atoms with Crippen molar-refractivity contribution in [2.24, 2.45) is 0 Å². The van der Waals surface area contributed by atoms with Gasteiger partial charge in [-0.2, -0.15) is 4.73 Å². The lowest BCUT2D eigenvalue weighted by Gasteiger charge is -2.08. The number of pyridine rings is 1. The van der Waals surface area contributed by atoms with Crippen molar-refractivity contribution in [1.29, 1.82) is 0 Å². The van der Waals surface area contributed by atoms with E-state index in [0.717, 1.165) is 22.0 Å². The number of imidazole rings is 1. The maximum Gasteiger partial charge on any atom is 0.176 e. The van der Waals surface area contributed by atoms with Crippen molar-refractivity contribution >= 4 is 27.8 Å². The van der Waals surface area contributed by atoms with Crippen LogP contribution in [0.25, 0.3) is 33.3 Å². The normalized spacial score (nSPS) is 11.1. The van der Waals surface area contributed by atoms with E-state index in [0.29, 0.717) is 17.2 Å². The maximum atomic E-state index is 6.09. The molecule has 2 aromatic heterocycles. The lowest BCUT2D eigenvalue weighted by molar-refractivity contribution is 0.182. The molecule has 0 amide bonds. The molecule has 2 aromatic carbocycles. The highest BCUT2D eigenvalue weighted by Crippen LogP contribution is 2.31. The zero-order valence-corrected chi connectivity index (χ0v) is 12.0. The molecule has 0 saturated carbocycles. The molecular weight excluding hydrogens is 276 g/mol. The van der Waals surface area contributed by atoms with E-state index in [4.69, 9.17) is 10.6 Å². The Morgan fingerprint density at radius 1 is 0.955 bits per heavy atom. The number of hydrogen-bond acceptors (Lipinski definition) is 4. The minimum atomic E-state index is 0.404. The molecule has 0 aliphatic carbocycles. The van der Waals surface area contributed by atoms with Crippen molar-refractivity contribution in [1.82, 2.24) is 14.7 Å². The summed E-state index contributed by atoms with van der Waals surface area (Å²) in [6.45, 7) is 0. The van der Waals surface area contributed by atoms with Crippen LogP contribution in [0.3, 0.4) is 0 Å². The second-order valence-corrected chi connectivity index (χ2v) is 4.99. The minimum Gasteiger partial charge on any atom is -0.415 e. The Labute approximate surface area is 126 Å². The van der Waals surface area contributed by atoms with Gasteiger partial charge >= 0.3 is 0 Å². The first-order chi connectivity index (χ1) is 10.8. The van der Waals surface area contributed by atoms with Crippen molar-refractivity contribution in [3.8, 4) is 11.4 Å². The van der Waals surface area contributed by atoms with Crippen LogP contribution in [0, 0.1) is 0 Å². The van der Waals surface area contributed by atoms with Crippen LogP contribution in [-0.4, -0.2) is 21.8 Å².